The molecule has 1 aliphatic heterocycles. The fraction of sp³-hybridized carbons (Fsp3) is 0.529. The van der Waals surface area contributed by atoms with E-state index in [2.05, 4.69) is 15.5 Å². The van der Waals surface area contributed by atoms with Gasteiger partial charge in [0.25, 0.3) is 0 Å². The van der Waals surface area contributed by atoms with E-state index >= 15 is 0 Å². The summed E-state index contributed by atoms with van der Waals surface area (Å²) in [6.07, 6.45) is 0.505. The first kappa shape index (κ1) is 19.8. The minimum Gasteiger partial charge on any atom is -0.338 e. The number of sulfone groups is 1. The second kappa shape index (κ2) is 8.39. The molecular weight excluding hydrogens is 386 g/mol. The number of carbonyl (C=O) groups is 1. The van der Waals surface area contributed by atoms with Crippen LogP contribution in [-0.4, -0.2) is 68.8 Å². The van der Waals surface area contributed by atoms with Crippen molar-refractivity contribution in [3.8, 4) is 0 Å². The van der Waals surface area contributed by atoms with E-state index in [-0.39, 0.29) is 23.5 Å². The van der Waals surface area contributed by atoms with Crippen molar-refractivity contribution in [2.45, 2.75) is 43.3 Å². The van der Waals surface area contributed by atoms with E-state index in [9.17, 15) is 13.2 Å². The summed E-state index contributed by atoms with van der Waals surface area (Å²) in [5.41, 5.74) is 1.07. The molecule has 1 fully saturated rings. The number of amides is 1. The van der Waals surface area contributed by atoms with E-state index in [4.69, 9.17) is 0 Å². The average molecular weight is 410 g/mol. The van der Waals surface area contributed by atoms with Crippen molar-refractivity contribution in [1.82, 2.24) is 25.1 Å². The second-order valence-corrected chi connectivity index (χ2v) is 10.1. The second-order valence-electron chi connectivity index (χ2n) is 6.55. The van der Waals surface area contributed by atoms with Crippen molar-refractivity contribution in [2.75, 3.05) is 18.1 Å². The zero-order chi connectivity index (χ0) is 19.4. The zero-order valence-electron chi connectivity index (χ0n) is 15.4. The van der Waals surface area contributed by atoms with Crippen LogP contribution in [-0.2, 0) is 21.2 Å². The molecule has 0 N–H and O–H groups in total. The van der Waals surface area contributed by atoms with Crippen LogP contribution in [0.1, 0.15) is 25.8 Å². The van der Waals surface area contributed by atoms with Crippen molar-refractivity contribution >= 4 is 27.5 Å². The molecule has 1 aromatic carbocycles. The molecule has 1 saturated heterocycles. The Morgan fingerprint density at radius 1 is 1.37 bits per heavy atom. The van der Waals surface area contributed by atoms with Crippen molar-refractivity contribution in [1.29, 1.82) is 0 Å². The molecule has 0 saturated carbocycles. The smallest absolute Gasteiger partial charge is 0.236 e. The number of hydrogen-bond acceptors (Lipinski definition) is 7. The van der Waals surface area contributed by atoms with Crippen LogP contribution in [0.3, 0.4) is 0 Å². The maximum absolute atomic E-state index is 12.9. The highest BCUT2D eigenvalue weighted by atomic mass is 32.2. The van der Waals surface area contributed by atoms with E-state index in [1.54, 1.807) is 16.5 Å². The summed E-state index contributed by atoms with van der Waals surface area (Å²) < 4.78 is 25.2. The van der Waals surface area contributed by atoms with Crippen LogP contribution in [0.4, 0.5) is 0 Å². The van der Waals surface area contributed by atoms with Gasteiger partial charge in [-0.25, -0.2) is 13.1 Å². The van der Waals surface area contributed by atoms with Gasteiger partial charge in [0, 0.05) is 12.6 Å². The molecular formula is C17H23N5O3S2. The number of benzene rings is 1. The molecule has 1 aliphatic rings. The fourth-order valence-corrected chi connectivity index (χ4v) is 5.78. The molecule has 0 unspecified atom stereocenters. The van der Waals surface area contributed by atoms with E-state index in [1.807, 2.05) is 37.3 Å². The highest BCUT2D eigenvalue weighted by Crippen LogP contribution is 2.25. The van der Waals surface area contributed by atoms with Crippen molar-refractivity contribution in [2.24, 2.45) is 0 Å². The zero-order valence-corrected chi connectivity index (χ0v) is 17.0. The van der Waals surface area contributed by atoms with Gasteiger partial charge < -0.3 is 4.90 Å². The van der Waals surface area contributed by atoms with E-state index in [0.717, 1.165) is 5.56 Å². The Kier molecular flexibility index (Phi) is 6.15. The lowest BCUT2D eigenvalue weighted by Gasteiger charge is -2.29. The van der Waals surface area contributed by atoms with E-state index in [1.165, 1.54) is 11.8 Å². The normalized spacial score (nSPS) is 19.7. The average Bonchev–Trinajstić information content (AvgIpc) is 3.22. The fourth-order valence-electron chi connectivity index (χ4n) is 3.19. The third-order valence-corrected chi connectivity index (χ3v) is 7.39. The van der Waals surface area contributed by atoms with Gasteiger partial charge in [0.15, 0.2) is 9.84 Å². The van der Waals surface area contributed by atoms with Gasteiger partial charge in [0.2, 0.25) is 11.1 Å². The summed E-state index contributed by atoms with van der Waals surface area (Å²) in [5, 5.41) is 11.9. The van der Waals surface area contributed by atoms with Gasteiger partial charge in [0.05, 0.1) is 23.3 Å². The van der Waals surface area contributed by atoms with Gasteiger partial charge >= 0.3 is 0 Å². The van der Waals surface area contributed by atoms with E-state index in [0.29, 0.717) is 24.7 Å². The number of nitrogens with zero attached hydrogens (tertiary/aromatic N) is 5. The molecule has 10 heteroatoms. The molecule has 0 bridgehead atoms. The van der Waals surface area contributed by atoms with E-state index < -0.39 is 15.1 Å². The van der Waals surface area contributed by atoms with Gasteiger partial charge in [-0.05, 0) is 36.3 Å². The number of carbonyl (C=O) groups excluding carboxylic acids is 1. The quantitative estimate of drug-likeness (QED) is 0.635. The summed E-state index contributed by atoms with van der Waals surface area (Å²) in [7, 11) is -3.04. The van der Waals surface area contributed by atoms with Crippen molar-refractivity contribution in [3.63, 3.8) is 0 Å². The lowest BCUT2D eigenvalue weighted by Crippen LogP contribution is -2.44. The molecule has 3 rings (SSSR count). The summed E-state index contributed by atoms with van der Waals surface area (Å²) >= 11 is 1.29. The van der Waals surface area contributed by atoms with Gasteiger partial charge in [0.1, 0.15) is 0 Å². The minimum absolute atomic E-state index is 0.0513. The topological polar surface area (TPSA) is 98.1 Å². The third-order valence-electron chi connectivity index (χ3n) is 4.58. The predicted molar refractivity (Wildman–Crippen MR) is 103 cm³/mol. The first-order chi connectivity index (χ1) is 12.9. The molecule has 2 atom stereocenters. The SMILES string of the molecule is CCN(C(=O)[C@@H](C)Sc1nnnn1Cc1ccccc1)[C@@H]1CCS(=O)(=O)C1. The van der Waals surface area contributed by atoms with Gasteiger partial charge in [-0.2, -0.15) is 0 Å². The molecule has 0 aliphatic carbocycles. The highest BCUT2D eigenvalue weighted by Gasteiger charge is 2.35. The van der Waals surface area contributed by atoms with Crippen LogP contribution in [0.5, 0.6) is 0 Å². The maximum atomic E-state index is 12.9. The lowest BCUT2D eigenvalue weighted by atomic mass is 10.2. The number of hydrogen-bond donors (Lipinski definition) is 0. The Hall–Kier alpha value is -1.94. The Labute approximate surface area is 163 Å². The molecule has 1 amide bonds. The van der Waals surface area contributed by atoms with Crippen LogP contribution in [0.15, 0.2) is 35.5 Å². The lowest BCUT2D eigenvalue weighted by molar-refractivity contribution is -0.131. The predicted octanol–water partition coefficient (Wildman–Crippen LogP) is 1.24. The number of tetrazole rings is 1. The summed E-state index contributed by atoms with van der Waals surface area (Å²) in [4.78, 5) is 14.6. The van der Waals surface area contributed by atoms with Gasteiger partial charge in [-0.3, -0.25) is 4.79 Å². The number of thioether (sulfide) groups is 1. The standard InChI is InChI=1S/C17H23N5O3S2/c1-3-21(15-9-10-27(24,25)12-15)16(23)13(2)26-17-18-19-20-22(17)11-14-7-5-4-6-8-14/h4-8,13,15H,3,9-12H2,1-2H3/t13-,15-/m1/s1. The Morgan fingerprint density at radius 3 is 2.74 bits per heavy atom. The molecule has 2 heterocycles. The van der Waals surface area contributed by atoms with Crippen molar-refractivity contribution in [3.05, 3.63) is 35.9 Å². The molecule has 0 radical (unpaired) electrons. The molecule has 2 aromatic rings. The maximum Gasteiger partial charge on any atom is 0.236 e. The number of aromatic nitrogens is 4. The molecule has 27 heavy (non-hydrogen) atoms. The van der Waals surface area contributed by atoms with Crippen LogP contribution in [0, 0.1) is 0 Å². The molecule has 1 aromatic heterocycles. The summed E-state index contributed by atoms with van der Waals surface area (Å²) in [6.45, 7) is 4.69. The van der Waals surface area contributed by atoms with Crippen LogP contribution in [0.2, 0.25) is 0 Å². The monoisotopic (exact) mass is 409 g/mol. The Balaban J connectivity index is 1.67. The minimum atomic E-state index is -3.04. The van der Waals surface area contributed by atoms with Crippen LogP contribution in [0.25, 0.3) is 0 Å². The Bertz CT molecular complexity index is 885. The summed E-state index contributed by atoms with van der Waals surface area (Å²) in [5.74, 6) is 0.118. The Morgan fingerprint density at radius 2 is 2.11 bits per heavy atom. The first-order valence-corrected chi connectivity index (χ1v) is 11.6. The first-order valence-electron chi connectivity index (χ1n) is 8.87. The van der Waals surface area contributed by atoms with Gasteiger partial charge in [-0.15, -0.1) is 5.10 Å². The highest BCUT2D eigenvalue weighted by molar-refractivity contribution is 8.00. The molecule has 8 nitrogen and oxygen atoms in total. The number of rotatable bonds is 7. The van der Waals surface area contributed by atoms with Crippen molar-refractivity contribution < 1.29 is 13.2 Å². The molecule has 0 spiro atoms. The largest absolute Gasteiger partial charge is 0.338 e. The van der Waals surface area contributed by atoms with Gasteiger partial charge in [-0.1, -0.05) is 42.1 Å². The van der Waals surface area contributed by atoms with Crippen LogP contribution >= 0.6 is 11.8 Å². The summed E-state index contributed by atoms with van der Waals surface area (Å²) in [6, 6.07) is 9.59. The van der Waals surface area contributed by atoms with Crippen LogP contribution < -0.4 is 0 Å². The molecule has 146 valence electrons. The third kappa shape index (κ3) is 4.86.